The molecule has 2 aromatic carbocycles. The standard InChI is InChI=1S/C23H27N3O4/c1-2-3-19(13-22(27)28)26-11-10-18-12-20(8-9-21(18)23(26)29)30-15-17-6-4-16(5-7-17)14-25-24/h4-9,12,14,19H,2-3,10-11,13,15,24H2,1H3,(H,27,28). The maximum Gasteiger partial charge on any atom is 0.305 e. The van der Waals surface area contributed by atoms with Crippen LogP contribution in [-0.4, -0.2) is 40.7 Å². The van der Waals surface area contributed by atoms with Crippen molar-refractivity contribution in [3.63, 3.8) is 0 Å². The van der Waals surface area contributed by atoms with Gasteiger partial charge in [-0.25, -0.2) is 0 Å². The second kappa shape index (κ2) is 9.91. The van der Waals surface area contributed by atoms with Crippen LogP contribution in [-0.2, 0) is 17.8 Å². The summed E-state index contributed by atoms with van der Waals surface area (Å²) < 4.78 is 5.90. The van der Waals surface area contributed by atoms with E-state index < -0.39 is 5.97 Å². The van der Waals surface area contributed by atoms with E-state index in [0.717, 1.165) is 23.1 Å². The van der Waals surface area contributed by atoms with Crippen LogP contribution in [0.3, 0.4) is 0 Å². The number of aliphatic carboxylic acids is 1. The van der Waals surface area contributed by atoms with Gasteiger partial charge in [-0.1, -0.05) is 37.6 Å². The molecule has 30 heavy (non-hydrogen) atoms. The lowest BCUT2D eigenvalue weighted by Crippen LogP contribution is -2.45. The SMILES string of the molecule is CCCC(CC(=O)O)N1CCc2cc(OCc3ccc(C=NN)cc3)ccc2C1=O. The third-order valence-electron chi connectivity index (χ3n) is 5.27. The van der Waals surface area contributed by atoms with Crippen molar-refractivity contribution in [2.24, 2.45) is 10.9 Å². The van der Waals surface area contributed by atoms with Crippen LogP contribution in [0, 0.1) is 0 Å². The zero-order valence-electron chi connectivity index (χ0n) is 17.1. The highest BCUT2D eigenvalue weighted by Crippen LogP contribution is 2.27. The first-order valence-corrected chi connectivity index (χ1v) is 10.1. The molecule has 0 fully saturated rings. The summed E-state index contributed by atoms with van der Waals surface area (Å²) in [4.78, 5) is 25.9. The van der Waals surface area contributed by atoms with Gasteiger partial charge in [0.2, 0.25) is 0 Å². The van der Waals surface area contributed by atoms with Crippen molar-refractivity contribution >= 4 is 18.1 Å². The largest absolute Gasteiger partial charge is 0.489 e. The number of ether oxygens (including phenoxy) is 1. The number of benzene rings is 2. The molecule has 1 unspecified atom stereocenters. The van der Waals surface area contributed by atoms with Crippen LogP contribution in [0.5, 0.6) is 5.75 Å². The molecule has 7 nitrogen and oxygen atoms in total. The fraction of sp³-hybridized carbons (Fsp3) is 0.348. The zero-order valence-corrected chi connectivity index (χ0v) is 17.1. The van der Waals surface area contributed by atoms with E-state index in [4.69, 9.17) is 10.6 Å². The third-order valence-corrected chi connectivity index (χ3v) is 5.27. The molecule has 0 radical (unpaired) electrons. The minimum Gasteiger partial charge on any atom is -0.489 e. The highest BCUT2D eigenvalue weighted by Gasteiger charge is 2.30. The molecular weight excluding hydrogens is 382 g/mol. The molecule has 7 heteroatoms. The molecule has 2 aromatic rings. The Bertz CT molecular complexity index is 925. The lowest BCUT2D eigenvalue weighted by Gasteiger charge is -2.35. The molecule has 158 valence electrons. The second-order valence-corrected chi connectivity index (χ2v) is 7.42. The van der Waals surface area contributed by atoms with Crippen molar-refractivity contribution < 1.29 is 19.4 Å². The van der Waals surface area contributed by atoms with Gasteiger partial charge in [0.05, 0.1) is 12.6 Å². The summed E-state index contributed by atoms with van der Waals surface area (Å²) in [5.41, 5.74) is 3.50. The monoisotopic (exact) mass is 409 g/mol. The number of nitrogens with zero attached hydrogens (tertiary/aromatic N) is 2. The van der Waals surface area contributed by atoms with Gasteiger partial charge in [0, 0.05) is 18.2 Å². The number of carboxylic acid groups (broad SMARTS) is 1. The quantitative estimate of drug-likeness (QED) is 0.376. The van der Waals surface area contributed by atoms with Crippen molar-refractivity contribution in [3.8, 4) is 5.75 Å². The molecule has 0 bridgehead atoms. The van der Waals surface area contributed by atoms with Crippen LogP contribution in [0.1, 0.15) is 53.2 Å². The van der Waals surface area contributed by atoms with Gasteiger partial charge in [0.25, 0.3) is 5.91 Å². The number of hydrogen-bond donors (Lipinski definition) is 2. The first-order valence-electron chi connectivity index (χ1n) is 10.1. The summed E-state index contributed by atoms with van der Waals surface area (Å²) in [6, 6.07) is 13.0. The average molecular weight is 409 g/mol. The molecule has 0 saturated carbocycles. The van der Waals surface area contributed by atoms with Crippen LogP contribution in [0.2, 0.25) is 0 Å². The lowest BCUT2D eigenvalue weighted by atomic mass is 9.95. The fourth-order valence-corrected chi connectivity index (χ4v) is 3.78. The Hall–Kier alpha value is -3.35. The maximum absolute atomic E-state index is 13.0. The maximum atomic E-state index is 13.0. The Balaban J connectivity index is 1.67. The summed E-state index contributed by atoms with van der Waals surface area (Å²) in [5.74, 6) is 4.89. The number of rotatable bonds is 9. The van der Waals surface area contributed by atoms with E-state index in [0.29, 0.717) is 37.3 Å². The summed E-state index contributed by atoms with van der Waals surface area (Å²) in [7, 11) is 0. The molecular formula is C23H27N3O4. The number of hydrazone groups is 1. The Morgan fingerprint density at radius 3 is 2.73 bits per heavy atom. The van der Waals surface area contributed by atoms with Gasteiger partial charge in [-0.3, -0.25) is 9.59 Å². The topological polar surface area (TPSA) is 105 Å². The third kappa shape index (κ3) is 5.17. The molecule has 0 aromatic heterocycles. The molecule has 1 amide bonds. The molecule has 0 spiro atoms. The first kappa shape index (κ1) is 21.4. The van der Waals surface area contributed by atoms with Gasteiger partial charge in [-0.15, -0.1) is 0 Å². The highest BCUT2D eigenvalue weighted by atomic mass is 16.5. The van der Waals surface area contributed by atoms with Crippen LogP contribution >= 0.6 is 0 Å². The Kier molecular flexibility index (Phi) is 7.06. The Morgan fingerprint density at radius 2 is 2.07 bits per heavy atom. The van der Waals surface area contributed by atoms with E-state index in [-0.39, 0.29) is 18.4 Å². The highest BCUT2D eigenvalue weighted by molar-refractivity contribution is 5.97. The lowest BCUT2D eigenvalue weighted by molar-refractivity contribution is -0.138. The van der Waals surface area contributed by atoms with E-state index in [2.05, 4.69) is 5.10 Å². The van der Waals surface area contributed by atoms with Crippen molar-refractivity contribution in [3.05, 3.63) is 64.7 Å². The van der Waals surface area contributed by atoms with Gasteiger partial charge < -0.3 is 20.6 Å². The zero-order chi connectivity index (χ0) is 21.5. The molecule has 1 aliphatic heterocycles. The predicted molar refractivity (Wildman–Crippen MR) is 115 cm³/mol. The number of carbonyl (C=O) groups is 2. The Morgan fingerprint density at radius 1 is 1.30 bits per heavy atom. The fourth-order valence-electron chi connectivity index (χ4n) is 3.78. The van der Waals surface area contributed by atoms with Gasteiger partial charge in [0.15, 0.2) is 0 Å². The van der Waals surface area contributed by atoms with E-state index in [9.17, 15) is 14.7 Å². The number of nitrogens with two attached hydrogens (primary N) is 1. The van der Waals surface area contributed by atoms with E-state index in [1.54, 1.807) is 23.2 Å². The predicted octanol–water partition coefficient (Wildman–Crippen LogP) is 3.20. The van der Waals surface area contributed by atoms with E-state index >= 15 is 0 Å². The van der Waals surface area contributed by atoms with Crippen molar-refractivity contribution in [1.82, 2.24) is 4.90 Å². The second-order valence-electron chi connectivity index (χ2n) is 7.42. The summed E-state index contributed by atoms with van der Waals surface area (Å²) in [5, 5.41) is 12.7. The van der Waals surface area contributed by atoms with Crippen molar-refractivity contribution in [1.29, 1.82) is 0 Å². The molecule has 0 saturated heterocycles. The normalized spacial score (nSPS) is 14.6. The first-order chi connectivity index (χ1) is 14.5. The summed E-state index contributed by atoms with van der Waals surface area (Å²) in [6.45, 7) is 2.94. The van der Waals surface area contributed by atoms with Crippen LogP contribution < -0.4 is 10.6 Å². The number of carbonyl (C=O) groups excluding carboxylic acids is 1. The summed E-state index contributed by atoms with van der Waals surface area (Å²) >= 11 is 0. The number of hydrogen-bond acceptors (Lipinski definition) is 5. The van der Waals surface area contributed by atoms with Crippen LogP contribution in [0.25, 0.3) is 0 Å². The molecule has 0 aliphatic carbocycles. The molecule has 3 rings (SSSR count). The van der Waals surface area contributed by atoms with E-state index in [1.807, 2.05) is 37.3 Å². The van der Waals surface area contributed by atoms with E-state index in [1.165, 1.54) is 0 Å². The van der Waals surface area contributed by atoms with Gasteiger partial charge >= 0.3 is 5.97 Å². The van der Waals surface area contributed by atoms with Crippen LogP contribution in [0.15, 0.2) is 47.6 Å². The van der Waals surface area contributed by atoms with Crippen LogP contribution in [0.4, 0.5) is 0 Å². The minimum atomic E-state index is -0.876. The number of carboxylic acids is 1. The number of fused-ring (bicyclic) bond motifs is 1. The summed E-state index contributed by atoms with van der Waals surface area (Å²) in [6.07, 6.45) is 3.76. The van der Waals surface area contributed by atoms with Crippen molar-refractivity contribution in [2.45, 2.75) is 45.3 Å². The Labute approximate surface area is 176 Å². The molecule has 1 atom stereocenters. The van der Waals surface area contributed by atoms with Crippen molar-refractivity contribution in [2.75, 3.05) is 6.54 Å². The molecule has 3 N–H and O–H groups in total. The van der Waals surface area contributed by atoms with Gasteiger partial charge in [-0.2, -0.15) is 5.10 Å². The average Bonchev–Trinajstić information content (AvgIpc) is 2.73. The minimum absolute atomic E-state index is 0.0218. The molecule has 1 heterocycles. The number of amides is 1. The van der Waals surface area contributed by atoms with Gasteiger partial charge in [-0.05, 0) is 47.7 Å². The molecule has 1 aliphatic rings. The van der Waals surface area contributed by atoms with Gasteiger partial charge in [0.1, 0.15) is 12.4 Å². The smallest absolute Gasteiger partial charge is 0.305 e.